The lowest BCUT2D eigenvalue weighted by Gasteiger charge is -2.37. The predicted octanol–water partition coefficient (Wildman–Crippen LogP) is 3.95. The number of hydrogen-bond donors (Lipinski definition) is 0. The Kier molecular flexibility index (Phi) is 7.25. The molecule has 0 amide bonds. The molecule has 2 heterocycles. The Bertz CT molecular complexity index is 1230. The average Bonchev–Trinajstić information content (AvgIpc) is 3.29. The number of rotatable bonds is 8. The maximum atomic E-state index is 14.2. The monoisotopic (exact) mass is 485 g/mol. The van der Waals surface area contributed by atoms with Crippen LogP contribution in [0.4, 0.5) is 0 Å². The average molecular weight is 486 g/mol. The van der Waals surface area contributed by atoms with E-state index in [1.54, 1.807) is 35.7 Å². The van der Waals surface area contributed by atoms with Crippen LogP contribution >= 0.6 is 0 Å². The number of hydrogen-bond acceptors (Lipinski definition) is 7. The molecule has 0 unspecified atom stereocenters. The van der Waals surface area contributed by atoms with E-state index in [0.717, 1.165) is 37.2 Å². The van der Waals surface area contributed by atoms with Gasteiger partial charge in [0.1, 0.15) is 16.4 Å². The van der Waals surface area contributed by atoms with Crippen molar-refractivity contribution in [2.75, 3.05) is 34.4 Å². The molecule has 9 heteroatoms. The van der Waals surface area contributed by atoms with Crippen molar-refractivity contribution in [3.05, 3.63) is 59.8 Å². The van der Waals surface area contributed by atoms with Crippen molar-refractivity contribution in [3.8, 4) is 22.8 Å². The van der Waals surface area contributed by atoms with Crippen LogP contribution in [0.3, 0.4) is 0 Å². The Morgan fingerprint density at radius 3 is 2.41 bits per heavy atom. The number of piperidine rings is 1. The van der Waals surface area contributed by atoms with Gasteiger partial charge >= 0.3 is 0 Å². The Labute approximate surface area is 201 Å². The molecule has 0 bridgehead atoms. The van der Waals surface area contributed by atoms with Crippen molar-refractivity contribution < 1.29 is 22.4 Å². The largest absolute Gasteiger partial charge is 0.496 e. The number of nitrogens with zero attached hydrogens (tertiary/aromatic N) is 3. The van der Waals surface area contributed by atoms with Crippen LogP contribution < -0.4 is 9.47 Å². The van der Waals surface area contributed by atoms with Crippen molar-refractivity contribution in [1.82, 2.24) is 14.4 Å². The molecule has 1 fully saturated rings. The lowest BCUT2D eigenvalue weighted by molar-refractivity contribution is 0.178. The summed E-state index contributed by atoms with van der Waals surface area (Å²) >= 11 is 0. The second kappa shape index (κ2) is 10.2. The summed E-state index contributed by atoms with van der Waals surface area (Å²) in [6, 6.07) is 14.2. The molecule has 3 aromatic rings. The summed E-state index contributed by atoms with van der Waals surface area (Å²) in [6.45, 7) is 3.69. The smallest absolute Gasteiger partial charge is 0.247 e. The molecular weight excluding hydrogens is 454 g/mol. The van der Waals surface area contributed by atoms with Gasteiger partial charge in [0.15, 0.2) is 5.76 Å². The first-order chi connectivity index (χ1) is 16.3. The Hall–Kier alpha value is -2.88. The van der Waals surface area contributed by atoms with Gasteiger partial charge in [-0.15, -0.1) is 0 Å². The summed E-state index contributed by atoms with van der Waals surface area (Å²) < 4.78 is 46.5. The van der Waals surface area contributed by atoms with E-state index in [-0.39, 0.29) is 23.2 Å². The summed E-state index contributed by atoms with van der Waals surface area (Å²) in [7, 11) is 1.20. The van der Waals surface area contributed by atoms with E-state index in [0.29, 0.717) is 17.1 Å². The molecule has 1 saturated heterocycles. The van der Waals surface area contributed by atoms with Crippen LogP contribution in [0.1, 0.15) is 24.1 Å². The molecule has 8 nitrogen and oxygen atoms in total. The summed E-state index contributed by atoms with van der Waals surface area (Å²) in [5.74, 6) is 1.46. The van der Waals surface area contributed by atoms with Crippen LogP contribution in [0.25, 0.3) is 11.3 Å². The van der Waals surface area contributed by atoms with E-state index in [9.17, 15) is 8.42 Å². The maximum Gasteiger partial charge on any atom is 0.247 e. The minimum Gasteiger partial charge on any atom is -0.496 e. The third-order valence-corrected chi connectivity index (χ3v) is 8.20. The molecule has 1 aromatic heterocycles. The van der Waals surface area contributed by atoms with Crippen LogP contribution in [0.5, 0.6) is 11.5 Å². The standard InChI is InChI=1S/C25H31N3O5S/c1-18-15-24(33-26-18)19-9-10-23(32-4)25(16-19)34(29,30)28(21-11-13-27(2)14-12-21)17-20-7-5-6-8-22(20)31-3/h5-10,15-16,21H,11-14,17H2,1-4H3. The van der Waals surface area contributed by atoms with Gasteiger partial charge in [0.25, 0.3) is 0 Å². The zero-order valence-corrected chi connectivity index (χ0v) is 20.8. The minimum atomic E-state index is -3.94. The molecule has 4 rings (SSSR count). The fourth-order valence-electron chi connectivity index (χ4n) is 4.35. The summed E-state index contributed by atoms with van der Waals surface area (Å²) in [5.41, 5.74) is 2.16. The van der Waals surface area contributed by atoms with Gasteiger partial charge in [-0.05, 0) is 64.2 Å². The molecule has 34 heavy (non-hydrogen) atoms. The highest BCUT2D eigenvalue weighted by Gasteiger charge is 2.36. The van der Waals surface area contributed by atoms with E-state index in [1.165, 1.54) is 7.11 Å². The third kappa shape index (κ3) is 4.96. The number of benzene rings is 2. The molecule has 0 saturated carbocycles. The van der Waals surface area contributed by atoms with Crippen molar-refractivity contribution >= 4 is 10.0 Å². The third-order valence-electron chi connectivity index (χ3n) is 6.28. The Morgan fingerprint density at radius 2 is 1.76 bits per heavy atom. The molecule has 0 aliphatic carbocycles. The van der Waals surface area contributed by atoms with Crippen LogP contribution in [-0.4, -0.2) is 63.2 Å². The quantitative estimate of drug-likeness (QED) is 0.478. The number of para-hydroxylation sites is 1. The lowest BCUT2D eigenvalue weighted by atomic mass is 10.0. The number of sulfonamides is 1. The summed E-state index contributed by atoms with van der Waals surface area (Å²) in [4.78, 5) is 2.33. The second-order valence-corrected chi connectivity index (χ2v) is 10.5. The van der Waals surface area contributed by atoms with Crippen molar-refractivity contribution in [2.24, 2.45) is 0 Å². The molecule has 0 atom stereocenters. The highest BCUT2D eigenvalue weighted by Crippen LogP contribution is 2.35. The number of aromatic nitrogens is 1. The first kappa shape index (κ1) is 24.3. The first-order valence-electron chi connectivity index (χ1n) is 11.3. The van der Waals surface area contributed by atoms with Crippen LogP contribution in [0.15, 0.2) is 57.9 Å². The predicted molar refractivity (Wildman–Crippen MR) is 129 cm³/mol. The highest BCUT2D eigenvalue weighted by molar-refractivity contribution is 7.89. The van der Waals surface area contributed by atoms with Crippen molar-refractivity contribution in [2.45, 2.75) is 37.2 Å². The molecule has 2 aromatic carbocycles. The van der Waals surface area contributed by atoms with E-state index in [4.69, 9.17) is 14.0 Å². The van der Waals surface area contributed by atoms with Gasteiger partial charge in [0.05, 0.1) is 19.9 Å². The van der Waals surface area contributed by atoms with Crippen LogP contribution in [0, 0.1) is 6.92 Å². The molecule has 0 N–H and O–H groups in total. The molecule has 0 spiro atoms. The topological polar surface area (TPSA) is 85.1 Å². The van der Waals surface area contributed by atoms with Gasteiger partial charge in [0, 0.05) is 29.8 Å². The van der Waals surface area contributed by atoms with Crippen molar-refractivity contribution in [3.63, 3.8) is 0 Å². The zero-order chi connectivity index (χ0) is 24.3. The molecular formula is C25H31N3O5S. The van der Waals surface area contributed by atoms with Gasteiger partial charge in [-0.2, -0.15) is 4.31 Å². The van der Waals surface area contributed by atoms with E-state index >= 15 is 0 Å². The van der Waals surface area contributed by atoms with Crippen LogP contribution in [-0.2, 0) is 16.6 Å². The Morgan fingerprint density at radius 1 is 1.06 bits per heavy atom. The molecule has 182 valence electrons. The van der Waals surface area contributed by atoms with Crippen LogP contribution in [0.2, 0.25) is 0 Å². The molecule has 1 aliphatic heterocycles. The van der Waals surface area contributed by atoms with Gasteiger partial charge in [-0.1, -0.05) is 23.4 Å². The van der Waals surface area contributed by atoms with Crippen molar-refractivity contribution in [1.29, 1.82) is 0 Å². The SMILES string of the molecule is COc1ccccc1CN(C1CCN(C)CC1)S(=O)(=O)c1cc(-c2cc(C)no2)ccc1OC. The number of likely N-dealkylation sites (tertiary alicyclic amines) is 1. The van der Waals surface area contributed by atoms with E-state index < -0.39 is 10.0 Å². The fraction of sp³-hybridized carbons (Fsp3) is 0.400. The summed E-state index contributed by atoms with van der Waals surface area (Å²) in [6.07, 6.45) is 1.49. The molecule has 1 aliphatic rings. The number of ether oxygens (including phenoxy) is 2. The molecule has 0 radical (unpaired) electrons. The summed E-state index contributed by atoms with van der Waals surface area (Å²) in [5, 5.41) is 3.93. The zero-order valence-electron chi connectivity index (χ0n) is 20.0. The first-order valence-corrected chi connectivity index (χ1v) is 12.7. The lowest BCUT2D eigenvalue weighted by Crippen LogP contribution is -2.46. The van der Waals surface area contributed by atoms with E-state index in [1.807, 2.05) is 31.2 Å². The maximum absolute atomic E-state index is 14.2. The fourth-order valence-corrected chi connectivity index (χ4v) is 6.20. The number of methoxy groups -OCH3 is 2. The Balaban J connectivity index is 1.79. The van der Waals surface area contributed by atoms with Gasteiger partial charge in [-0.25, -0.2) is 8.42 Å². The minimum absolute atomic E-state index is 0.107. The normalized spacial score (nSPS) is 15.6. The second-order valence-electron chi connectivity index (χ2n) is 8.59. The van der Waals surface area contributed by atoms with Gasteiger partial charge in [0.2, 0.25) is 10.0 Å². The number of aryl methyl sites for hydroxylation is 1. The van der Waals surface area contributed by atoms with E-state index in [2.05, 4.69) is 17.1 Å². The highest BCUT2D eigenvalue weighted by atomic mass is 32.2. The van der Waals surface area contributed by atoms with Gasteiger partial charge in [-0.3, -0.25) is 0 Å². The van der Waals surface area contributed by atoms with Gasteiger partial charge < -0.3 is 18.9 Å².